The zero-order chi connectivity index (χ0) is 34.3. The van der Waals surface area contributed by atoms with Crippen molar-refractivity contribution in [3.05, 3.63) is 93.5 Å². The van der Waals surface area contributed by atoms with Crippen molar-refractivity contribution in [3.63, 3.8) is 0 Å². The summed E-state index contributed by atoms with van der Waals surface area (Å²) >= 11 is 5.70. The number of amides is 2. The highest BCUT2D eigenvalue weighted by Crippen LogP contribution is 2.35. The Kier molecular flexibility index (Phi) is 11.3. The number of hydrazine groups is 2. The molecule has 3 aromatic carbocycles. The zero-order valence-corrected chi connectivity index (χ0v) is 26.6. The maximum atomic E-state index is 13.4. The van der Waals surface area contributed by atoms with E-state index in [9.17, 15) is 27.6 Å². The lowest BCUT2D eigenvalue weighted by atomic mass is 10.1. The SMILES string of the molecule is O=C(O)CCC1CN(Cc2cccc(C(=O)Nc3ccc(N4CCCCC4)cc3C(=O)N/N=C/c3ccc(Cl)c(C(F)(F)F)c3)c2)NN1. The zero-order valence-electron chi connectivity index (χ0n) is 25.8. The predicted molar refractivity (Wildman–Crippen MR) is 176 cm³/mol. The number of carboxylic acid groups (broad SMARTS) is 1. The van der Waals surface area contributed by atoms with Gasteiger partial charge < -0.3 is 15.3 Å². The van der Waals surface area contributed by atoms with Crippen molar-refractivity contribution in [2.45, 2.75) is 50.9 Å². The van der Waals surface area contributed by atoms with Gasteiger partial charge >= 0.3 is 12.1 Å². The van der Waals surface area contributed by atoms with Crippen LogP contribution in [0.3, 0.4) is 0 Å². The van der Waals surface area contributed by atoms with Crippen molar-refractivity contribution >= 4 is 47.0 Å². The maximum Gasteiger partial charge on any atom is 0.417 e. The summed E-state index contributed by atoms with van der Waals surface area (Å²) in [5.41, 5.74) is 9.88. The minimum Gasteiger partial charge on any atom is -0.481 e. The number of nitrogens with zero attached hydrogens (tertiary/aromatic N) is 3. The van der Waals surface area contributed by atoms with Gasteiger partial charge in [0.2, 0.25) is 0 Å². The van der Waals surface area contributed by atoms with Crippen LogP contribution in [0.25, 0.3) is 0 Å². The van der Waals surface area contributed by atoms with Gasteiger partial charge in [-0.05, 0) is 79.3 Å². The second-order valence-corrected chi connectivity index (χ2v) is 12.0. The number of hydrazone groups is 1. The number of hydrogen-bond donors (Lipinski definition) is 5. The topological polar surface area (TPSA) is 138 Å². The highest BCUT2D eigenvalue weighted by molar-refractivity contribution is 6.31. The van der Waals surface area contributed by atoms with Crippen molar-refractivity contribution in [1.82, 2.24) is 21.4 Å². The van der Waals surface area contributed by atoms with Crippen LogP contribution in [-0.4, -0.2) is 59.8 Å². The number of nitrogens with one attached hydrogen (secondary N) is 4. The molecule has 11 nitrogen and oxygen atoms in total. The Morgan fingerprint density at radius 1 is 1.02 bits per heavy atom. The first kappa shape index (κ1) is 34.8. The highest BCUT2D eigenvalue weighted by atomic mass is 35.5. The van der Waals surface area contributed by atoms with Crippen LogP contribution in [0.1, 0.15) is 69.5 Å². The summed E-state index contributed by atoms with van der Waals surface area (Å²) in [4.78, 5) is 39.9. The first-order valence-corrected chi connectivity index (χ1v) is 15.8. The lowest BCUT2D eigenvalue weighted by Gasteiger charge is -2.29. The van der Waals surface area contributed by atoms with Crippen LogP contribution in [0.5, 0.6) is 0 Å². The van der Waals surface area contributed by atoms with E-state index in [-0.39, 0.29) is 29.3 Å². The van der Waals surface area contributed by atoms with Crippen LogP contribution in [0, 0.1) is 0 Å². The molecule has 1 unspecified atom stereocenters. The normalized spacial score (nSPS) is 17.1. The molecule has 0 saturated carbocycles. The van der Waals surface area contributed by atoms with Gasteiger partial charge in [-0.3, -0.25) is 14.4 Å². The number of carbonyl (C=O) groups excluding carboxylic acids is 2. The van der Waals surface area contributed by atoms with Crippen molar-refractivity contribution in [2.24, 2.45) is 5.10 Å². The summed E-state index contributed by atoms with van der Waals surface area (Å²) in [6, 6.07) is 15.4. The molecule has 2 heterocycles. The van der Waals surface area contributed by atoms with Gasteiger partial charge in [0, 0.05) is 49.9 Å². The Bertz CT molecular complexity index is 1680. The summed E-state index contributed by atoms with van der Waals surface area (Å²) in [5, 5.41) is 17.1. The molecule has 2 saturated heterocycles. The Morgan fingerprint density at radius 2 is 1.81 bits per heavy atom. The van der Waals surface area contributed by atoms with Gasteiger partial charge in [-0.25, -0.2) is 15.9 Å². The molecule has 2 amide bonds. The van der Waals surface area contributed by atoms with Crippen molar-refractivity contribution in [2.75, 3.05) is 29.9 Å². The molecule has 0 bridgehead atoms. The van der Waals surface area contributed by atoms with E-state index in [0.29, 0.717) is 25.1 Å². The molecule has 2 fully saturated rings. The molecule has 15 heteroatoms. The molecule has 254 valence electrons. The smallest absolute Gasteiger partial charge is 0.417 e. The average molecular weight is 686 g/mol. The third kappa shape index (κ3) is 9.31. The first-order chi connectivity index (χ1) is 23.0. The Labute approximate surface area is 280 Å². The predicted octanol–water partition coefficient (Wildman–Crippen LogP) is 5.42. The van der Waals surface area contributed by atoms with Crippen molar-refractivity contribution in [3.8, 4) is 0 Å². The monoisotopic (exact) mass is 685 g/mol. The lowest BCUT2D eigenvalue weighted by molar-refractivity contribution is -0.138. The molecule has 2 aliphatic rings. The number of halogens is 4. The van der Waals surface area contributed by atoms with Gasteiger partial charge in [0.25, 0.3) is 11.8 Å². The number of benzene rings is 3. The van der Waals surface area contributed by atoms with Crippen molar-refractivity contribution < 1.29 is 32.7 Å². The van der Waals surface area contributed by atoms with Crippen LogP contribution >= 0.6 is 11.6 Å². The van der Waals surface area contributed by atoms with Crippen LogP contribution in [0.15, 0.2) is 65.8 Å². The molecule has 1 atom stereocenters. The van der Waals surface area contributed by atoms with E-state index in [4.69, 9.17) is 16.7 Å². The Hall–Kier alpha value is -4.50. The molecule has 5 N–H and O–H groups in total. The van der Waals surface area contributed by atoms with Gasteiger partial charge in [0.15, 0.2) is 0 Å². The summed E-state index contributed by atoms with van der Waals surface area (Å²) in [6.45, 7) is 2.66. The second kappa shape index (κ2) is 15.6. The van der Waals surface area contributed by atoms with Gasteiger partial charge in [0.1, 0.15) is 0 Å². The van der Waals surface area contributed by atoms with Crippen LogP contribution in [0.2, 0.25) is 5.02 Å². The minimum atomic E-state index is -4.65. The maximum absolute atomic E-state index is 13.4. The quantitative estimate of drug-likeness (QED) is 0.133. The highest BCUT2D eigenvalue weighted by Gasteiger charge is 2.33. The number of alkyl halides is 3. The summed E-state index contributed by atoms with van der Waals surface area (Å²) in [7, 11) is 0. The molecule has 0 aliphatic carbocycles. The third-order valence-corrected chi connectivity index (χ3v) is 8.36. The average Bonchev–Trinajstić information content (AvgIpc) is 3.51. The molecule has 0 aromatic heterocycles. The molecular weight excluding hydrogens is 651 g/mol. The fourth-order valence-electron chi connectivity index (χ4n) is 5.57. The second-order valence-electron chi connectivity index (χ2n) is 11.6. The molecule has 48 heavy (non-hydrogen) atoms. The number of hydrogen-bond acceptors (Lipinski definition) is 8. The molecule has 5 rings (SSSR count). The summed E-state index contributed by atoms with van der Waals surface area (Å²) in [5.74, 6) is -1.97. The van der Waals surface area contributed by atoms with E-state index in [1.165, 1.54) is 6.07 Å². The molecule has 0 spiro atoms. The van der Waals surface area contributed by atoms with Crippen LogP contribution in [0.4, 0.5) is 24.5 Å². The number of piperidine rings is 1. The molecule has 2 aliphatic heterocycles. The Balaban J connectivity index is 1.30. The largest absolute Gasteiger partial charge is 0.481 e. The Morgan fingerprint density at radius 3 is 2.56 bits per heavy atom. The number of anilines is 2. The third-order valence-electron chi connectivity index (χ3n) is 8.03. The number of rotatable bonds is 11. The van der Waals surface area contributed by atoms with Crippen LogP contribution in [-0.2, 0) is 17.5 Å². The number of carboxylic acids is 1. The van der Waals surface area contributed by atoms with Crippen LogP contribution < -0.4 is 26.6 Å². The van der Waals surface area contributed by atoms with Gasteiger partial charge in [0.05, 0.1) is 28.1 Å². The van der Waals surface area contributed by atoms with E-state index >= 15 is 0 Å². The minimum absolute atomic E-state index is 0.0297. The van der Waals surface area contributed by atoms with Gasteiger partial charge in [-0.15, -0.1) is 0 Å². The van der Waals surface area contributed by atoms with Gasteiger partial charge in [-0.1, -0.05) is 29.8 Å². The lowest BCUT2D eigenvalue weighted by Crippen LogP contribution is -2.36. The van der Waals surface area contributed by atoms with E-state index < -0.39 is 34.5 Å². The van der Waals surface area contributed by atoms with Crippen molar-refractivity contribution in [1.29, 1.82) is 0 Å². The fourth-order valence-corrected chi connectivity index (χ4v) is 5.80. The van der Waals surface area contributed by atoms with E-state index in [1.54, 1.807) is 30.3 Å². The number of carbonyl (C=O) groups is 3. The summed E-state index contributed by atoms with van der Waals surface area (Å²) < 4.78 is 39.8. The first-order valence-electron chi connectivity index (χ1n) is 15.4. The molecule has 0 radical (unpaired) electrons. The standard InChI is InChI=1S/C33H35ClF3N7O4/c34-28-10-7-21(16-27(28)33(35,36)37)18-38-41-32(48)26-17-25(43-13-2-1-3-14-43)9-11-29(26)39-31(47)23-6-4-5-22(15-23)19-44-20-24(40-42-44)8-12-30(45)46/h4-7,9-11,15-18,24,40,42H,1-3,8,12-14,19-20H2,(H,39,47)(H,41,48)(H,45,46)/b38-18+. The van der Waals surface area contributed by atoms with E-state index in [2.05, 4.69) is 31.7 Å². The molecule has 3 aromatic rings. The fraction of sp³-hybridized carbons (Fsp3) is 0.333. The number of aliphatic carboxylic acids is 1. The van der Waals surface area contributed by atoms with E-state index in [0.717, 1.165) is 62.0 Å². The van der Waals surface area contributed by atoms with Gasteiger partial charge in [-0.2, -0.15) is 23.8 Å². The molecular formula is C33H35ClF3N7O4. The van der Waals surface area contributed by atoms with E-state index in [1.807, 2.05) is 17.1 Å². The summed E-state index contributed by atoms with van der Waals surface area (Å²) in [6.07, 6.45) is 0.0865.